The molecule has 0 radical (unpaired) electrons. The lowest BCUT2D eigenvalue weighted by Gasteiger charge is -2.10. The minimum absolute atomic E-state index is 0.364. The smallest absolute Gasteiger partial charge is 0.330 e. The molecule has 0 aliphatic carbocycles. The van der Waals surface area contributed by atoms with E-state index in [1.807, 2.05) is 35.8 Å². The summed E-state index contributed by atoms with van der Waals surface area (Å²) in [7, 11) is 0. The Kier molecular flexibility index (Phi) is 4.82. The standard InChI is InChI=1S/C19H18F3N3O/c1-2-17-24-15-11-13(18(26)19(20,21)22)5-8-16(15)25(17)14-6-3-12(4-7-14)9-10-23/h3-8,11H,2,9-10,23H2,1H3. The van der Waals surface area contributed by atoms with Gasteiger partial charge in [0.1, 0.15) is 5.82 Å². The third kappa shape index (κ3) is 3.35. The Morgan fingerprint density at radius 1 is 1.15 bits per heavy atom. The highest BCUT2D eigenvalue weighted by Gasteiger charge is 2.39. The fourth-order valence-electron chi connectivity index (χ4n) is 2.94. The van der Waals surface area contributed by atoms with Crippen molar-refractivity contribution in [1.82, 2.24) is 9.55 Å². The van der Waals surface area contributed by atoms with Gasteiger partial charge in [-0.25, -0.2) is 4.98 Å². The molecule has 2 aromatic carbocycles. The van der Waals surface area contributed by atoms with Gasteiger partial charge in [-0.05, 0) is 48.9 Å². The molecular weight excluding hydrogens is 343 g/mol. The van der Waals surface area contributed by atoms with Crippen LogP contribution in [0.1, 0.15) is 28.7 Å². The van der Waals surface area contributed by atoms with E-state index in [2.05, 4.69) is 4.98 Å². The maximum atomic E-state index is 12.7. The maximum Gasteiger partial charge on any atom is 0.454 e. The molecule has 0 aliphatic rings. The number of nitrogens with zero attached hydrogens (tertiary/aromatic N) is 2. The van der Waals surface area contributed by atoms with Crippen molar-refractivity contribution in [3.8, 4) is 5.69 Å². The number of carbonyl (C=O) groups is 1. The Labute approximate surface area is 148 Å². The Hall–Kier alpha value is -2.67. The number of ketones is 1. The van der Waals surface area contributed by atoms with Crippen molar-refractivity contribution in [2.24, 2.45) is 5.73 Å². The molecule has 0 amide bonds. The van der Waals surface area contributed by atoms with Crippen LogP contribution < -0.4 is 5.73 Å². The normalized spacial score (nSPS) is 11.9. The van der Waals surface area contributed by atoms with Gasteiger partial charge < -0.3 is 5.73 Å². The predicted octanol–water partition coefficient (Wildman–Crippen LogP) is 3.83. The fraction of sp³-hybridized carbons (Fsp3) is 0.263. The molecule has 0 aliphatic heterocycles. The van der Waals surface area contributed by atoms with Crippen LogP contribution in [0.15, 0.2) is 42.5 Å². The van der Waals surface area contributed by atoms with Crippen LogP contribution in [0.2, 0.25) is 0 Å². The second kappa shape index (κ2) is 6.92. The van der Waals surface area contributed by atoms with Crippen LogP contribution in [0.5, 0.6) is 0 Å². The average molecular weight is 361 g/mol. The zero-order chi connectivity index (χ0) is 18.9. The number of fused-ring (bicyclic) bond motifs is 1. The highest BCUT2D eigenvalue weighted by molar-refractivity contribution is 6.02. The van der Waals surface area contributed by atoms with Crippen molar-refractivity contribution in [3.63, 3.8) is 0 Å². The Morgan fingerprint density at radius 2 is 1.85 bits per heavy atom. The number of benzene rings is 2. The highest BCUT2D eigenvalue weighted by atomic mass is 19.4. The van der Waals surface area contributed by atoms with Crippen LogP contribution in [-0.2, 0) is 12.8 Å². The van der Waals surface area contributed by atoms with E-state index in [4.69, 9.17) is 5.73 Å². The van der Waals surface area contributed by atoms with Gasteiger partial charge in [0.15, 0.2) is 0 Å². The van der Waals surface area contributed by atoms with E-state index in [0.29, 0.717) is 29.8 Å². The van der Waals surface area contributed by atoms with Gasteiger partial charge in [-0.1, -0.05) is 19.1 Å². The quantitative estimate of drug-likeness (QED) is 0.703. The number of rotatable bonds is 5. The van der Waals surface area contributed by atoms with Crippen LogP contribution in [0.25, 0.3) is 16.7 Å². The number of aromatic nitrogens is 2. The van der Waals surface area contributed by atoms with Gasteiger partial charge >= 0.3 is 6.18 Å². The van der Waals surface area contributed by atoms with E-state index in [1.165, 1.54) is 18.2 Å². The van der Waals surface area contributed by atoms with E-state index in [-0.39, 0.29) is 0 Å². The lowest BCUT2D eigenvalue weighted by molar-refractivity contribution is -0.0885. The van der Waals surface area contributed by atoms with Gasteiger partial charge in [-0.15, -0.1) is 0 Å². The first-order valence-electron chi connectivity index (χ1n) is 8.27. The van der Waals surface area contributed by atoms with Gasteiger partial charge in [0.2, 0.25) is 0 Å². The molecule has 136 valence electrons. The summed E-state index contributed by atoms with van der Waals surface area (Å²) in [6, 6.07) is 11.7. The maximum absolute atomic E-state index is 12.7. The summed E-state index contributed by atoms with van der Waals surface area (Å²) in [6.45, 7) is 2.48. The monoisotopic (exact) mass is 361 g/mol. The summed E-state index contributed by atoms with van der Waals surface area (Å²) in [5.74, 6) is -1.15. The Morgan fingerprint density at radius 3 is 2.42 bits per heavy atom. The van der Waals surface area contributed by atoms with Crippen LogP contribution in [0.4, 0.5) is 13.2 Å². The lowest BCUT2D eigenvalue weighted by Crippen LogP contribution is -2.22. The summed E-state index contributed by atoms with van der Waals surface area (Å²) in [6.07, 6.45) is -3.53. The molecule has 0 atom stereocenters. The molecule has 0 bridgehead atoms. The molecule has 0 unspecified atom stereocenters. The van der Waals surface area contributed by atoms with Crippen molar-refractivity contribution in [2.45, 2.75) is 25.9 Å². The number of imidazole rings is 1. The van der Waals surface area contributed by atoms with Gasteiger partial charge in [0.05, 0.1) is 11.0 Å². The number of hydrogen-bond acceptors (Lipinski definition) is 3. The zero-order valence-electron chi connectivity index (χ0n) is 14.2. The summed E-state index contributed by atoms with van der Waals surface area (Å²) < 4.78 is 39.9. The zero-order valence-corrected chi connectivity index (χ0v) is 14.2. The number of carbonyl (C=O) groups excluding carboxylic acids is 1. The summed E-state index contributed by atoms with van der Waals surface area (Å²) >= 11 is 0. The molecule has 1 heterocycles. The molecule has 0 spiro atoms. The second-order valence-corrected chi connectivity index (χ2v) is 5.95. The van der Waals surface area contributed by atoms with Gasteiger partial charge in [0, 0.05) is 17.7 Å². The van der Waals surface area contributed by atoms with E-state index >= 15 is 0 Å². The van der Waals surface area contributed by atoms with Crippen LogP contribution >= 0.6 is 0 Å². The molecule has 1 aromatic heterocycles. The Balaban J connectivity index is 2.09. The van der Waals surface area contributed by atoms with Crippen LogP contribution in [0.3, 0.4) is 0 Å². The number of nitrogens with two attached hydrogens (primary N) is 1. The lowest BCUT2D eigenvalue weighted by atomic mass is 10.1. The number of hydrogen-bond donors (Lipinski definition) is 1. The van der Waals surface area contributed by atoms with Gasteiger partial charge in [0.25, 0.3) is 5.78 Å². The van der Waals surface area contributed by atoms with Crippen molar-refractivity contribution < 1.29 is 18.0 Å². The summed E-state index contributed by atoms with van der Waals surface area (Å²) in [4.78, 5) is 15.9. The number of halogens is 3. The molecule has 7 heteroatoms. The predicted molar refractivity (Wildman–Crippen MR) is 93.6 cm³/mol. The minimum Gasteiger partial charge on any atom is -0.330 e. The fourth-order valence-corrected chi connectivity index (χ4v) is 2.94. The summed E-state index contributed by atoms with van der Waals surface area (Å²) in [5, 5.41) is 0. The Bertz CT molecular complexity index is 943. The molecule has 2 N–H and O–H groups in total. The molecule has 4 nitrogen and oxygen atoms in total. The van der Waals surface area contributed by atoms with Crippen molar-refractivity contribution in [2.75, 3.05) is 6.54 Å². The van der Waals surface area contributed by atoms with Crippen LogP contribution in [0, 0.1) is 0 Å². The molecule has 0 fully saturated rings. The highest BCUT2D eigenvalue weighted by Crippen LogP contribution is 2.27. The van der Waals surface area contributed by atoms with E-state index < -0.39 is 17.5 Å². The third-order valence-electron chi connectivity index (χ3n) is 4.19. The molecule has 3 aromatic rings. The first-order valence-corrected chi connectivity index (χ1v) is 8.27. The average Bonchev–Trinajstić information content (AvgIpc) is 2.99. The minimum atomic E-state index is -4.90. The molecule has 26 heavy (non-hydrogen) atoms. The number of alkyl halides is 3. The third-order valence-corrected chi connectivity index (χ3v) is 4.19. The number of Topliss-reactive ketones (excluding diaryl/α,β-unsaturated/α-hetero) is 1. The van der Waals surface area contributed by atoms with Gasteiger partial charge in [-0.3, -0.25) is 9.36 Å². The number of aryl methyl sites for hydroxylation is 1. The van der Waals surface area contributed by atoms with E-state index in [1.54, 1.807) is 0 Å². The molecular formula is C19H18F3N3O. The van der Waals surface area contributed by atoms with Gasteiger partial charge in [-0.2, -0.15) is 13.2 Å². The van der Waals surface area contributed by atoms with Crippen molar-refractivity contribution in [1.29, 1.82) is 0 Å². The van der Waals surface area contributed by atoms with Crippen LogP contribution in [-0.4, -0.2) is 28.1 Å². The molecule has 3 rings (SSSR count). The first-order chi connectivity index (χ1) is 12.3. The first kappa shape index (κ1) is 18.1. The molecule has 0 saturated heterocycles. The largest absolute Gasteiger partial charge is 0.454 e. The second-order valence-electron chi connectivity index (χ2n) is 5.95. The van der Waals surface area contributed by atoms with Crippen molar-refractivity contribution in [3.05, 3.63) is 59.4 Å². The van der Waals surface area contributed by atoms with Crippen molar-refractivity contribution >= 4 is 16.8 Å². The van der Waals surface area contributed by atoms with E-state index in [9.17, 15) is 18.0 Å². The summed E-state index contributed by atoms with van der Waals surface area (Å²) in [5.41, 5.74) is 8.15. The van der Waals surface area contributed by atoms with E-state index in [0.717, 1.165) is 17.7 Å². The topological polar surface area (TPSA) is 60.9 Å². The molecule has 0 saturated carbocycles. The SMILES string of the molecule is CCc1nc2cc(C(=O)C(F)(F)F)ccc2n1-c1ccc(CCN)cc1.